The molecule has 1 unspecified atom stereocenters. The monoisotopic (exact) mass is 397 g/mol. The van der Waals surface area contributed by atoms with Gasteiger partial charge in [0.2, 0.25) is 0 Å². The summed E-state index contributed by atoms with van der Waals surface area (Å²) in [7, 11) is 1.63. The Morgan fingerprint density at radius 2 is 1.93 bits per heavy atom. The van der Waals surface area contributed by atoms with Gasteiger partial charge in [0, 0.05) is 18.1 Å². The van der Waals surface area contributed by atoms with Crippen molar-refractivity contribution >= 4 is 5.91 Å². The van der Waals surface area contributed by atoms with Gasteiger partial charge in [-0.2, -0.15) is 0 Å². The molecule has 2 aromatic rings. The largest absolute Gasteiger partial charge is 0.497 e. The van der Waals surface area contributed by atoms with Crippen LogP contribution >= 0.6 is 0 Å². The summed E-state index contributed by atoms with van der Waals surface area (Å²) in [6.45, 7) is 10.4. The van der Waals surface area contributed by atoms with Crippen molar-refractivity contribution in [1.82, 2.24) is 5.32 Å². The zero-order chi connectivity index (χ0) is 21.2. The zero-order valence-electron chi connectivity index (χ0n) is 18.2. The van der Waals surface area contributed by atoms with Crippen molar-refractivity contribution in [2.24, 2.45) is 0 Å². The van der Waals surface area contributed by atoms with Crippen LogP contribution < -0.4 is 19.5 Å². The van der Waals surface area contributed by atoms with Crippen LogP contribution in [-0.4, -0.2) is 25.2 Å². The summed E-state index contributed by atoms with van der Waals surface area (Å²) in [4.78, 5) is 12.7. The third-order valence-corrected chi connectivity index (χ3v) is 5.07. The Balaban J connectivity index is 1.72. The maximum absolute atomic E-state index is 12.7. The summed E-state index contributed by atoms with van der Waals surface area (Å²) in [6.07, 6.45) is 0.677. The van der Waals surface area contributed by atoms with Crippen LogP contribution in [0.3, 0.4) is 0 Å². The molecule has 0 saturated carbocycles. The Morgan fingerprint density at radius 1 is 1.21 bits per heavy atom. The average molecular weight is 398 g/mol. The van der Waals surface area contributed by atoms with Crippen LogP contribution in [-0.2, 0) is 10.2 Å². The van der Waals surface area contributed by atoms with Gasteiger partial charge in [-0.3, -0.25) is 4.79 Å². The molecule has 0 spiro atoms. The van der Waals surface area contributed by atoms with Crippen molar-refractivity contribution in [2.45, 2.75) is 58.1 Å². The van der Waals surface area contributed by atoms with Crippen molar-refractivity contribution in [3.63, 3.8) is 0 Å². The molecule has 1 amide bonds. The summed E-state index contributed by atoms with van der Waals surface area (Å²) < 4.78 is 17.3. The number of amides is 1. The van der Waals surface area contributed by atoms with Crippen LogP contribution in [0.4, 0.5) is 0 Å². The van der Waals surface area contributed by atoms with Crippen molar-refractivity contribution in [3.05, 3.63) is 53.6 Å². The van der Waals surface area contributed by atoms with Crippen LogP contribution in [0.1, 0.15) is 58.2 Å². The maximum Gasteiger partial charge on any atom is 0.258 e. The molecule has 0 bridgehead atoms. The lowest BCUT2D eigenvalue weighted by molar-refractivity contribution is -0.124. The molecule has 5 heteroatoms. The molecule has 1 heterocycles. The minimum atomic E-state index is -0.392. The topological polar surface area (TPSA) is 56.8 Å². The third-order valence-electron chi connectivity index (χ3n) is 5.07. The highest BCUT2D eigenvalue weighted by Crippen LogP contribution is 2.41. The van der Waals surface area contributed by atoms with E-state index in [0.29, 0.717) is 6.42 Å². The minimum absolute atomic E-state index is 0.0314. The average Bonchev–Trinajstić information content (AvgIpc) is 2.64. The van der Waals surface area contributed by atoms with Crippen molar-refractivity contribution in [1.29, 1.82) is 0 Å². The lowest BCUT2D eigenvalue weighted by atomic mass is 9.86. The maximum atomic E-state index is 12.7. The summed E-state index contributed by atoms with van der Waals surface area (Å²) >= 11 is 0. The van der Waals surface area contributed by atoms with Crippen molar-refractivity contribution in [2.75, 3.05) is 13.7 Å². The Kier molecular flexibility index (Phi) is 5.78. The summed E-state index contributed by atoms with van der Waals surface area (Å²) in [5.74, 6) is 2.06. The normalized spacial score (nSPS) is 17.7. The molecule has 2 aromatic carbocycles. The lowest BCUT2D eigenvalue weighted by Gasteiger charge is -2.38. The molecular weight excluding hydrogens is 366 g/mol. The molecule has 3 rings (SSSR count). The Hall–Kier alpha value is -2.69. The van der Waals surface area contributed by atoms with Crippen molar-refractivity contribution < 1.29 is 19.0 Å². The number of benzene rings is 2. The smallest absolute Gasteiger partial charge is 0.258 e. The van der Waals surface area contributed by atoms with Gasteiger partial charge in [0.15, 0.2) is 6.61 Å². The van der Waals surface area contributed by atoms with Crippen LogP contribution in [0.5, 0.6) is 17.2 Å². The van der Waals surface area contributed by atoms with Gasteiger partial charge < -0.3 is 19.5 Å². The number of nitrogens with one attached hydrogen (secondary N) is 1. The van der Waals surface area contributed by atoms with E-state index < -0.39 is 5.60 Å². The highest BCUT2D eigenvalue weighted by atomic mass is 16.5. The van der Waals surface area contributed by atoms with Gasteiger partial charge in [-0.05, 0) is 43.0 Å². The van der Waals surface area contributed by atoms with E-state index in [9.17, 15) is 4.79 Å². The molecule has 0 aromatic heterocycles. The number of hydrogen-bond donors (Lipinski definition) is 1. The highest BCUT2D eigenvalue weighted by molar-refractivity contribution is 5.78. The van der Waals surface area contributed by atoms with Gasteiger partial charge in [0.1, 0.15) is 22.8 Å². The molecule has 0 radical (unpaired) electrons. The van der Waals surface area contributed by atoms with Gasteiger partial charge in [0.05, 0.1) is 13.2 Å². The van der Waals surface area contributed by atoms with Gasteiger partial charge in [-0.1, -0.05) is 39.0 Å². The number of carbonyl (C=O) groups excluding carboxylic acids is 1. The number of ether oxygens (including phenoxy) is 3. The first-order valence-electron chi connectivity index (χ1n) is 9.98. The Labute approximate surface area is 173 Å². The first-order valence-corrected chi connectivity index (χ1v) is 9.98. The predicted octanol–water partition coefficient (Wildman–Crippen LogP) is 4.79. The first-order chi connectivity index (χ1) is 13.6. The number of rotatable bonds is 5. The zero-order valence-corrected chi connectivity index (χ0v) is 18.2. The van der Waals surface area contributed by atoms with Crippen LogP contribution in [0, 0.1) is 0 Å². The summed E-state index contributed by atoms with van der Waals surface area (Å²) in [5, 5.41) is 3.11. The summed E-state index contributed by atoms with van der Waals surface area (Å²) in [6, 6.07) is 13.4. The van der Waals surface area contributed by atoms with Gasteiger partial charge in [-0.15, -0.1) is 0 Å². The van der Waals surface area contributed by atoms with Crippen LogP contribution in [0.2, 0.25) is 0 Å². The third kappa shape index (κ3) is 5.03. The molecule has 5 nitrogen and oxygen atoms in total. The molecule has 1 aliphatic heterocycles. The van der Waals surface area contributed by atoms with E-state index in [2.05, 4.69) is 26.1 Å². The summed E-state index contributed by atoms with van der Waals surface area (Å²) in [5.41, 5.74) is 1.58. The Bertz CT molecular complexity index is 883. The molecule has 0 saturated heterocycles. The number of carbonyl (C=O) groups is 1. The second-order valence-corrected chi connectivity index (χ2v) is 9.12. The highest BCUT2D eigenvalue weighted by Gasteiger charge is 2.35. The van der Waals surface area contributed by atoms with Gasteiger partial charge >= 0.3 is 0 Å². The van der Waals surface area contributed by atoms with E-state index in [0.717, 1.165) is 28.4 Å². The molecule has 1 N–H and O–H groups in total. The van der Waals surface area contributed by atoms with E-state index >= 15 is 0 Å². The van der Waals surface area contributed by atoms with Gasteiger partial charge in [0.25, 0.3) is 5.91 Å². The van der Waals surface area contributed by atoms with E-state index in [-0.39, 0.29) is 24.0 Å². The number of para-hydroxylation sites is 1. The second kappa shape index (κ2) is 7.97. The molecule has 29 heavy (non-hydrogen) atoms. The van der Waals surface area contributed by atoms with Crippen LogP contribution in [0.25, 0.3) is 0 Å². The van der Waals surface area contributed by atoms with E-state index in [1.54, 1.807) is 7.11 Å². The minimum Gasteiger partial charge on any atom is -0.497 e. The molecule has 1 aliphatic rings. The fourth-order valence-electron chi connectivity index (χ4n) is 3.68. The first kappa shape index (κ1) is 21.0. The lowest BCUT2D eigenvalue weighted by Crippen LogP contribution is -2.42. The number of methoxy groups -OCH3 is 1. The van der Waals surface area contributed by atoms with Crippen LogP contribution in [0.15, 0.2) is 42.5 Å². The molecule has 156 valence electrons. The molecule has 0 aliphatic carbocycles. The van der Waals surface area contributed by atoms with Crippen molar-refractivity contribution in [3.8, 4) is 17.2 Å². The molecule has 1 atom stereocenters. The van der Waals surface area contributed by atoms with E-state index in [1.807, 2.05) is 56.3 Å². The van der Waals surface area contributed by atoms with Gasteiger partial charge in [-0.25, -0.2) is 0 Å². The SMILES string of the molecule is COc1ccc2c(c1)OC(C)(C)CC2NC(=O)COc1ccccc1C(C)(C)C. The van der Waals surface area contributed by atoms with E-state index in [4.69, 9.17) is 14.2 Å². The standard InChI is InChI=1S/C24H31NO4/c1-23(2,3)18-9-7-8-10-20(18)28-15-22(26)25-19-14-24(4,5)29-21-13-16(27-6)11-12-17(19)21/h7-13,19H,14-15H2,1-6H3,(H,25,26). The quantitative estimate of drug-likeness (QED) is 0.788. The molecule has 0 fully saturated rings. The van der Waals surface area contributed by atoms with E-state index in [1.165, 1.54) is 0 Å². The molecular formula is C24H31NO4. The number of hydrogen-bond acceptors (Lipinski definition) is 4. The Morgan fingerprint density at radius 3 is 2.62 bits per heavy atom. The fourth-order valence-corrected chi connectivity index (χ4v) is 3.68. The predicted molar refractivity (Wildman–Crippen MR) is 114 cm³/mol. The number of fused-ring (bicyclic) bond motifs is 1. The fraction of sp³-hybridized carbons (Fsp3) is 0.458. The second-order valence-electron chi connectivity index (χ2n) is 9.12.